The number of carboxylic acid groups (broad SMARTS) is 1. The van der Waals surface area contributed by atoms with Crippen LogP contribution in [0.1, 0.15) is 0 Å². The summed E-state index contributed by atoms with van der Waals surface area (Å²) in [5.74, 6) is -2.09. The van der Waals surface area contributed by atoms with Crippen molar-refractivity contribution in [1.29, 1.82) is 0 Å². The predicted molar refractivity (Wildman–Crippen MR) is 68.8 cm³/mol. The number of carboxylic acids is 1. The highest BCUT2D eigenvalue weighted by Gasteiger charge is 2.46. The van der Waals surface area contributed by atoms with E-state index in [1.54, 1.807) is 0 Å². The standard InChI is InChI=1S/C12H22O12/c13-1-3(15)10(7(18)8(19)11(21)22)24-12-9(20)6(17)5(16)4(2-14)23-12/h3-10,12-20H,1-2H2,(H,21,22)/p-1/t3-,4-,5+,6+,7-,8-,9-,10-,12+/m1/s1. The summed E-state index contributed by atoms with van der Waals surface area (Å²) in [7, 11) is 0. The van der Waals surface area contributed by atoms with Crippen LogP contribution >= 0.6 is 0 Å². The fourth-order valence-electron chi connectivity index (χ4n) is 2.16. The lowest BCUT2D eigenvalue weighted by atomic mass is 9.98. The summed E-state index contributed by atoms with van der Waals surface area (Å²) >= 11 is 0. The van der Waals surface area contributed by atoms with E-state index in [9.17, 15) is 40.5 Å². The van der Waals surface area contributed by atoms with Crippen LogP contribution in [0.2, 0.25) is 0 Å². The first-order chi connectivity index (χ1) is 11.1. The Bertz CT molecular complexity index is 403. The third-order valence-corrected chi connectivity index (χ3v) is 3.61. The van der Waals surface area contributed by atoms with Gasteiger partial charge in [-0.2, -0.15) is 0 Å². The number of aliphatic carboxylic acids is 1. The molecule has 1 heterocycles. The minimum atomic E-state index is -2.50. The molecule has 0 spiro atoms. The van der Waals surface area contributed by atoms with Gasteiger partial charge in [0.05, 0.1) is 19.2 Å². The van der Waals surface area contributed by atoms with Gasteiger partial charge >= 0.3 is 0 Å². The van der Waals surface area contributed by atoms with Gasteiger partial charge in [0.1, 0.15) is 48.8 Å². The van der Waals surface area contributed by atoms with E-state index < -0.39 is 74.3 Å². The van der Waals surface area contributed by atoms with Crippen LogP contribution in [0, 0.1) is 0 Å². The van der Waals surface area contributed by atoms with Crippen LogP contribution in [-0.4, -0.2) is 115 Å². The summed E-state index contributed by atoms with van der Waals surface area (Å²) in [6.45, 7) is -1.79. The molecule has 0 saturated carbocycles. The zero-order valence-corrected chi connectivity index (χ0v) is 12.3. The van der Waals surface area contributed by atoms with Crippen LogP contribution in [-0.2, 0) is 14.3 Å². The maximum atomic E-state index is 10.6. The molecule has 1 fully saturated rings. The Kier molecular flexibility index (Phi) is 7.88. The number of aliphatic hydroxyl groups excluding tert-OH is 8. The second kappa shape index (κ2) is 8.96. The monoisotopic (exact) mass is 357 g/mol. The number of rotatable bonds is 8. The van der Waals surface area contributed by atoms with Gasteiger partial charge in [0.25, 0.3) is 0 Å². The molecule has 0 radical (unpaired) electrons. The predicted octanol–water partition coefficient (Wildman–Crippen LogP) is -7.00. The Morgan fingerprint density at radius 3 is 2.12 bits per heavy atom. The number of carbonyl (C=O) groups is 1. The number of carbonyl (C=O) groups excluding carboxylic acids is 1. The average Bonchev–Trinajstić information content (AvgIpc) is 2.57. The van der Waals surface area contributed by atoms with Crippen molar-refractivity contribution in [2.75, 3.05) is 13.2 Å². The molecule has 0 aromatic carbocycles. The van der Waals surface area contributed by atoms with Crippen LogP contribution in [0.3, 0.4) is 0 Å². The van der Waals surface area contributed by atoms with Gasteiger partial charge in [-0.1, -0.05) is 0 Å². The summed E-state index contributed by atoms with van der Waals surface area (Å²) in [5, 5.41) is 86.3. The van der Waals surface area contributed by atoms with Crippen molar-refractivity contribution in [2.24, 2.45) is 0 Å². The molecule has 0 unspecified atom stereocenters. The molecule has 1 aliphatic heterocycles. The van der Waals surface area contributed by atoms with Crippen LogP contribution < -0.4 is 5.11 Å². The highest BCUT2D eigenvalue weighted by molar-refractivity contribution is 5.70. The van der Waals surface area contributed by atoms with E-state index in [0.717, 1.165) is 0 Å². The van der Waals surface area contributed by atoms with Gasteiger partial charge in [0, 0.05) is 0 Å². The topological polar surface area (TPSA) is 220 Å². The molecule has 1 aliphatic rings. The van der Waals surface area contributed by atoms with Crippen LogP contribution in [0.15, 0.2) is 0 Å². The zero-order valence-electron chi connectivity index (χ0n) is 12.3. The molecule has 24 heavy (non-hydrogen) atoms. The Hall–Kier alpha value is -0.930. The maximum absolute atomic E-state index is 10.6. The van der Waals surface area contributed by atoms with Crippen molar-refractivity contribution in [3.63, 3.8) is 0 Å². The molecule has 12 heteroatoms. The molecule has 0 bridgehead atoms. The molecule has 0 aromatic rings. The van der Waals surface area contributed by atoms with E-state index in [1.807, 2.05) is 0 Å². The van der Waals surface area contributed by atoms with Gasteiger partial charge in [-0.05, 0) is 0 Å². The molecule has 1 saturated heterocycles. The lowest BCUT2D eigenvalue weighted by Gasteiger charge is -2.42. The molecule has 0 aliphatic carbocycles. The first kappa shape index (κ1) is 21.1. The lowest BCUT2D eigenvalue weighted by molar-refractivity contribution is -0.336. The molecule has 1 rings (SSSR count). The van der Waals surface area contributed by atoms with Gasteiger partial charge in [-0.3, -0.25) is 0 Å². The minimum absolute atomic E-state index is 0.776. The fraction of sp³-hybridized carbons (Fsp3) is 0.917. The number of hydrogen-bond donors (Lipinski definition) is 8. The Morgan fingerprint density at radius 1 is 1.08 bits per heavy atom. The van der Waals surface area contributed by atoms with E-state index in [-0.39, 0.29) is 0 Å². The fourth-order valence-corrected chi connectivity index (χ4v) is 2.16. The van der Waals surface area contributed by atoms with E-state index in [2.05, 4.69) is 0 Å². The van der Waals surface area contributed by atoms with E-state index in [1.165, 1.54) is 0 Å². The number of aliphatic hydroxyl groups is 8. The SMILES string of the molecule is O=C([O-])[C@H](O)[C@@H](O)[C@H](O[C@@H]1O[C@H](CO)[C@H](O)[C@H](O)[C@H]1O)[C@H](O)CO. The van der Waals surface area contributed by atoms with Gasteiger partial charge in [-0.25, -0.2) is 0 Å². The maximum Gasteiger partial charge on any atom is 0.187 e. The summed E-state index contributed by atoms with van der Waals surface area (Å²) < 4.78 is 9.94. The van der Waals surface area contributed by atoms with Crippen LogP contribution in [0.4, 0.5) is 0 Å². The molecule has 9 atom stereocenters. The third-order valence-electron chi connectivity index (χ3n) is 3.61. The summed E-state index contributed by atoms with van der Waals surface area (Å²) in [5.41, 5.74) is 0. The van der Waals surface area contributed by atoms with Crippen LogP contribution in [0.5, 0.6) is 0 Å². The van der Waals surface area contributed by atoms with Gasteiger partial charge < -0.3 is 60.2 Å². The minimum Gasteiger partial charge on any atom is -0.547 e. The van der Waals surface area contributed by atoms with E-state index in [4.69, 9.17) is 19.7 Å². The first-order valence-corrected chi connectivity index (χ1v) is 6.97. The zero-order chi connectivity index (χ0) is 18.6. The molecule has 0 amide bonds. The van der Waals surface area contributed by atoms with Gasteiger partial charge in [0.15, 0.2) is 6.29 Å². The average molecular weight is 357 g/mol. The summed E-state index contributed by atoms with van der Waals surface area (Å²) in [4.78, 5) is 10.6. The summed E-state index contributed by atoms with van der Waals surface area (Å²) in [6.07, 6.45) is -17.3. The first-order valence-electron chi connectivity index (χ1n) is 6.97. The molecule has 0 aromatic heterocycles. The van der Waals surface area contributed by atoms with Crippen molar-refractivity contribution in [3.8, 4) is 0 Å². The largest absolute Gasteiger partial charge is 0.547 e. The van der Waals surface area contributed by atoms with Crippen molar-refractivity contribution in [1.82, 2.24) is 0 Å². The Morgan fingerprint density at radius 2 is 1.67 bits per heavy atom. The second-order valence-corrected chi connectivity index (χ2v) is 5.30. The quantitative estimate of drug-likeness (QED) is 0.203. The highest BCUT2D eigenvalue weighted by atomic mass is 16.7. The summed E-state index contributed by atoms with van der Waals surface area (Å²) in [6, 6.07) is 0. The molecule has 142 valence electrons. The third kappa shape index (κ3) is 4.58. The number of hydrogen-bond acceptors (Lipinski definition) is 12. The number of ether oxygens (including phenoxy) is 2. The lowest BCUT2D eigenvalue weighted by Crippen LogP contribution is -2.62. The van der Waals surface area contributed by atoms with Crippen LogP contribution in [0.25, 0.3) is 0 Å². The van der Waals surface area contributed by atoms with Gasteiger partial charge in [-0.15, -0.1) is 0 Å². The van der Waals surface area contributed by atoms with Crippen molar-refractivity contribution >= 4 is 5.97 Å². The molecular formula is C12H21O12-. The van der Waals surface area contributed by atoms with Crippen molar-refractivity contribution < 1.29 is 60.2 Å². The van der Waals surface area contributed by atoms with E-state index in [0.29, 0.717) is 0 Å². The molecule has 12 nitrogen and oxygen atoms in total. The Labute approximate surface area is 135 Å². The normalized spacial score (nSPS) is 35.9. The van der Waals surface area contributed by atoms with Crippen molar-refractivity contribution in [2.45, 2.75) is 55.1 Å². The van der Waals surface area contributed by atoms with Gasteiger partial charge in [0.2, 0.25) is 0 Å². The second-order valence-electron chi connectivity index (χ2n) is 5.30. The smallest absolute Gasteiger partial charge is 0.187 e. The van der Waals surface area contributed by atoms with Crippen molar-refractivity contribution in [3.05, 3.63) is 0 Å². The highest BCUT2D eigenvalue weighted by Crippen LogP contribution is 2.24. The molecule has 8 N–H and O–H groups in total. The Balaban J connectivity index is 2.94. The van der Waals surface area contributed by atoms with E-state index >= 15 is 0 Å². The molecular weight excluding hydrogens is 336 g/mol.